The number of benzene rings is 1. The van der Waals surface area contributed by atoms with Crippen molar-refractivity contribution in [2.45, 2.75) is 26.8 Å². The molecule has 0 aliphatic carbocycles. The number of nitrogens with zero attached hydrogens (tertiary/aromatic N) is 3. The van der Waals surface area contributed by atoms with Gasteiger partial charge in [-0.25, -0.2) is 14.5 Å². The molecule has 3 rings (SSSR count). The molecule has 1 aromatic carbocycles. The number of amides is 1. The summed E-state index contributed by atoms with van der Waals surface area (Å²) in [6.45, 7) is 5.67. The van der Waals surface area contributed by atoms with E-state index < -0.39 is 5.97 Å². The van der Waals surface area contributed by atoms with Crippen LogP contribution in [0.25, 0.3) is 22.3 Å². The zero-order valence-electron chi connectivity index (χ0n) is 15.8. The van der Waals surface area contributed by atoms with E-state index in [1.807, 2.05) is 45.0 Å². The van der Waals surface area contributed by atoms with E-state index in [2.05, 4.69) is 10.4 Å². The second-order valence-corrected chi connectivity index (χ2v) is 6.59. The number of aryl methyl sites for hydroxylation is 1. The van der Waals surface area contributed by atoms with Crippen LogP contribution in [0.2, 0.25) is 0 Å². The van der Waals surface area contributed by atoms with E-state index in [1.165, 1.54) is 7.05 Å². The molecule has 7 nitrogen and oxygen atoms in total. The van der Waals surface area contributed by atoms with Crippen LogP contribution < -0.4 is 5.32 Å². The first-order valence-electron chi connectivity index (χ1n) is 8.73. The van der Waals surface area contributed by atoms with Crippen LogP contribution in [-0.4, -0.2) is 40.3 Å². The first kappa shape index (κ1) is 18.6. The third kappa shape index (κ3) is 3.81. The Labute approximate surface area is 157 Å². The number of nitrogens with one attached hydrogen (secondary N) is 1. The topological polar surface area (TPSA) is 86.1 Å². The Balaban J connectivity index is 2.11. The Hall–Kier alpha value is -3.22. The number of ether oxygens (including phenoxy) is 1. The molecule has 1 N–H and O–H groups in total. The molecule has 0 radical (unpaired) electrons. The zero-order valence-corrected chi connectivity index (χ0v) is 15.8. The van der Waals surface area contributed by atoms with Crippen LogP contribution in [-0.2, 0) is 9.53 Å². The predicted molar refractivity (Wildman–Crippen MR) is 102 cm³/mol. The maximum Gasteiger partial charge on any atom is 0.339 e. The molecule has 2 heterocycles. The van der Waals surface area contributed by atoms with E-state index in [1.54, 1.807) is 16.9 Å². The lowest BCUT2D eigenvalue weighted by molar-refractivity contribution is -0.123. The quantitative estimate of drug-likeness (QED) is 0.702. The fraction of sp³-hybridized carbons (Fsp3) is 0.300. The Morgan fingerprint density at radius 3 is 2.56 bits per heavy atom. The van der Waals surface area contributed by atoms with Gasteiger partial charge in [0.25, 0.3) is 5.91 Å². The molecule has 0 fully saturated rings. The lowest BCUT2D eigenvalue weighted by atomic mass is 10.1. The number of hydrogen-bond acceptors (Lipinski definition) is 5. The number of fused-ring (bicyclic) bond motifs is 1. The number of rotatable bonds is 5. The van der Waals surface area contributed by atoms with Gasteiger partial charge in [0.15, 0.2) is 12.3 Å². The molecule has 0 bridgehead atoms. The molecular formula is C20H22N4O3. The van der Waals surface area contributed by atoms with Crippen LogP contribution in [0.1, 0.15) is 35.8 Å². The van der Waals surface area contributed by atoms with Crippen LogP contribution in [0.4, 0.5) is 0 Å². The minimum Gasteiger partial charge on any atom is -0.452 e. The van der Waals surface area contributed by atoms with Crippen LogP contribution in [0, 0.1) is 6.92 Å². The number of aromatic nitrogens is 3. The minimum atomic E-state index is -0.581. The predicted octanol–water partition coefficient (Wildman–Crippen LogP) is 2.89. The fourth-order valence-electron chi connectivity index (χ4n) is 2.72. The van der Waals surface area contributed by atoms with Crippen molar-refractivity contribution in [2.24, 2.45) is 0 Å². The average molecular weight is 366 g/mol. The molecule has 0 unspecified atom stereocenters. The van der Waals surface area contributed by atoms with Crippen molar-refractivity contribution in [1.82, 2.24) is 20.1 Å². The normalized spacial score (nSPS) is 11.0. The van der Waals surface area contributed by atoms with E-state index in [4.69, 9.17) is 9.72 Å². The monoisotopic (exact) mass is 366 g/mol. The van der Waals surface area contributed by atoms with Crippen molar-refractivity contribution < 1.29 is 14.3 Å². The van der Waals surface area contributed by atoms with Gasteiger partial charge in [-0.1, -0.05) is 29.8 Å². The molecule has 1 amide bonds. The van der Waals surface area contributed by atoms with Crippen molar-refractivity contribution >= 4 is 22.9 Å². The summed E-state index contributed by atoms with van der Waals surface area (Å²) < 4.78 is 6.92. The molecule has 0 spiro atoms. The highest BCUT2D eigenvalue weighted by Crippen LogP contribution is 2.27. The van der Waals surface area contributed by atoms with Crippen LogP contribution in [0.3, 0.4) is 0 Å². The largest absolute Gasteiger partial charge is 0.452 e. The van der Waals surface area contributed by atoms with E-state index in [0.29, 0.717) is 22.3 Å². The highest BCUT2D eigenvalue weighted by atomic mass is 16.5. The Kier molecular flexibility index (Phi) is 5.21. The van der Waals surface area contributed by atoms with Crippen LogP contribution >= 0.6 is 0 Å². The minimum absolute atomic E-state index is 0.0815. The van der Waals surface area contributed by atoms with Crippen molar-refractivity contribution in [2.75, 3.05) is 13.7 Å². The van der Waals surface area contributed by atoms with Gasteiger partial charge in [0, 0.05) is 18.7 Å². The van der Waals surface area contributed by atoms with Gasteiger partial charge in [-0.15, -0.1) is 0 Å². The zero-order chi connectivity index (χ0) is 19.6. The lowest BCUT2D eigenvalue weighted by Gasteiger charge is -2.11. The number of esters is 1. The fourth-order valence-corrected chi connectivity index (χ4v) is 2.72. The standard InChI is InChI=1S/C20H22N4O3/c1-12(2)24-19-16(10-22-24)15(20(26)27-11-18(25)21-4)9-17(23-19)14-7-5-13(3)6-8-14/h5-10,12H,11H2,1-4H3,(H,21,25). The summed E-state index contributed by atoms with van der Waals surface area (Å²) >= 11 is 0. The summed E-state index contributed by atoms with van der Waals surface area (Å²) in [6.07, 6.45) is 1.61. The summed E-state index contributed by atoms with van der Waals surface area (Å²) in [5.41, 5.74) is 3.62. The molecule has 0 atom stereocenters. The summed E-state index contributed by atoms with van der Waals surface area (Å²) in [5, 5.41) is 7.39. The van der Waals surface area contributed by atoms with Crippen molar-refractivity contribution in [1.29, 1.82) is 0 Å². The summed E-state index contributed by atoms with van der Waals surface area (Å²) in [7, 11) is 1.49. The maximum absolute atomic E-state index is 12.6. The van der Waals surface area contributed by atoms with E-state index >= 15 is 0 Å². The molecule has 0 saturated heterocycles. The van der Waals surface area contributed by atoms with E-state index in [0.717, 1.165) is 11.1 Å². The second-order valence-electron chi connectivity index (χ2n) is 6.59. The third-order valence-electron chi connectivity index (χ3n) is 4.24. The first-order chi connectivity index (χ1) is 12.9. The molecule has 0 aliphatic rings. The molecule has 3 aromatic rings. The molecular weight excluding hydrogens is 344 g/mol. The van der Waals surface area contributed by atoms with Crippen LogP contribution in [0.15, 0.2) is 36.5 Å². The second kappa shape index (κ2) is 7.57. The van der Waals surface area contributed by atoms with Gasteiger partial charge in [-0.3, -0.25) is 4.79 Å². The molecule has 140 valence electrons. The molecule has 7 heteroatoms. The Morgan fingerprint density at radius 1 is 1.22 bits per heavy atom. The molecule has 0 saturated carbocycles. The Morgan fingerprint density at radius 2 is 1.93 bits per heavy atom. The maximum atomic E-state index is 12.6. The first-order valence-corrected chi connectivity index (χ1v) is 8.73. The number of carbonyl (C=O) groups is 2. The third-order valence-corrected chi connectivity index (χ3v) is 4.24. The number of likely N-dealkylation sites (N-methyl/N-ethyl adjacent to an activating group) is 1. The van der Waals surface area contributed by atoms with Crippen molar-refractivity contribution in [3.63, 3.8) is 0 Å². The van der Waals surface area contributed by atoms with Gasteiger partial charge < -0.3 is 10.1 Å². The molecule has 0 aliphatic heterocycles. The van der Waals surface area contributed by atoms with E-state index in [9.17, 15) is 9.59 Å². The van der Waals surface area contributed by atoms with Gasteiger partial charge in [0.1, 0.15) is 0 Å². The Bertz CT molecular complexity index is 990. The molecule has 27 heavy (non-hydrogen) atoms. The SMILES string of the molecule is CNC(=O)COC(=O)c1cc(-c2ccc(C)cc2)nc2c1cnn2C(C)C. The van der Waals surface area contributed by atoms with E-state index in [-0.39, 0.29) is 18.6 Å². The average Bonchev–Trinajstić information content (AvgIpc) is 3.09. The summed E-state index contributed by atoms with van der Waals surface area (Å²) in [6, 6.07) is 9.66. The number of pyridine rings is 1. The molecule has 2 aromatic heterocycles. The lowest BCUT2D eigenvalue weighted by Crippen LogP contribution is -2.25. The highest BCUT2D eigenvalue weighted by Gasteiger charge is 2.20. The van der Waals surface area contributed by atoms with Crippen LogP contribution in [0.5, 0.6) is 0 Å². The summed E-state index contributed by atoms with van der Waals surface area (Å²) in [5.74, 6) is -0.951. The van der Waals surface area contributed by atoms with Crippen molar-refractivity contribution in [3.05, 3.63) is 47.7 Å². The van der Waals surface area contributed by atoms with Gasteiger partial charge in [0.05, 0.1) is 22.8 Å². The van der Waals surface area contributed by atoms with Gasteiger partial charge >= 0.3 is 5.97 Å². The van der Waals surface area contributed by atoms with Gasteiger partial charge in [-0.05, 0) is 26.8 Å². The van der Waals surface area contributed by atoms with Gasteiger partial charge in [-0.2, -0.15) is 5.10 Å². The van der Waals surface area contributed by atoms with Crippen molar-refractivity contribution in [3.8, 4) is 11.3 Å². The number of carbonyl (C=O) groups excluding carboxylic acids is 2. The van der Waals surface area contributed by atoms with Gasteiger partial charge in [0.2, 0.25) is 0 Å². The smallest absolute Gasteiger partial charge is 0.339 e. The number of hydrogen-bond donors (Lipinski definition) is 1. The summed E-state index contributed by atoms with van der Waals surface area (Å²) in [4.78, 5) is 28.8. The highest BCUT2D eigenvalue weighted by molar-refractivity contribution is 6.04.